The summed E-state index contributed by atoms with van der Waals surface area (Å²) in [4.78, 5) is 16.4. The zero-order valence-corrected chi connectivity index (χ0v) is 13.5. The molecule has 0 aliphatic rings. The van der Waals surface area contributed by atoms with Crippen molar-refractivity contribution in [3.8, 4) is 5.75 Å². The quantitative estimate of drug-likeness (QED) is 0.737. The van der Waals surface area contributed by atoms with Crippen molar-refractivity contribution < 1.29 is 9.53 Å². The highest BCUT2D eigenvalue weighted by Gasteiger charge is 2.19. The smallest absolute Gasteiger partial charge is 0.241 e. The highest BCUT2D eigenvalue weighted by molar-refractivity contribution is 5.96. The fourth-order valence-electron chi connectivity index (χ4n) is 1.80. The molecule has 0 bridgehead atoms. The number of methoxy groups -OCH3 is 1. The number of hydrogen-bond acceptors (Lipinski definition) is 5. The van der Waals surface area contributed by atoms with Crippen LogP contribution in [0.25, 0.3) is 0 Å². The highest BCUT2D eigenvalue weighted by atomic mass is 16.5. The van der Waals surface area contributed by atoms with E-state index in [9.17, 15) is 4.79 Å². The largest absolute Gasteiger partial charge is 0.494 e. The van der Waals surface area contributed by atoms with Crippen molar-refractivity contribution in [2.45, 2.75) is 13.0 Å². The number of nitrogen functional groups attached to an aromatic ring is 1. The maximum Gasteiger partial charge on any atom is 0.241 e. The zero-order chi connectivity index (χ0) is 16.0. The first-order chi connectivity index (χ1) is 9.85. The number of amides is 1. The molecule has 0 heterocycles. The van der Waals surface area contributed by atoms with Gasteiger partial charge in [0.05, 0.1) is 18.8 Å². The number of nitrogens with two attached hydrogens (primary N) is 1. The van der Waals surface area contributed by atoms with Gasteiger partial charge in [0.1, 0.15) is 5.75 Å². The Hall–Kier alpha value is -1.79. The maximum atomic E-state index is 12.3. The number of carbonyl (C=O) groups is 1. The van der Waals surface area contributed by atoms with Gasteiger partial charge in [0.25, 0.3) is 0 Å². The molecule has 1 aromatic carbocycles. The van der Waals surface area contributed by atoms with Crippen LogP contribution in [0.5, 0.6) is 5.75 Å². The van der Waals surface area contributed by atoms with Crippen LogP contribution in [0.1, 0.15) is 6.92 Å². The molecule has 21 heavy (non-hydrogen) atoms. The second-order valence-electron chi connectivity index (χ2n) is 5.41. The number of hydrogen-bond donors (Lipinski definition) is 2. The Kier molecular flexibility index (Phi) is 6.45. The summed E-state index contributed by atoms with van der Waals surface area (Å²) in [5.74, 6) is 0.492. The third-order valence-corrected chi connectivity index (χ3v) is 3.42. The number of likely N-dealkylation sites (N-methyl/N-ethyl adjacent to an activating group) is 2. The van der Waals surface area contributed by atoms with Gasteiger partial charge in [0.2, 0.25) is 5.91 Å². The second-order valence-corrected chi connectivity index (χ2v) is 5.41. The minimum Gasteiger partial charge on any atom is -0.494 e. The van der Waals surface area contributed by atoms with Crippen molar-refractivity contribution >= 4 is 17.3 Å². The van der Waals surface area contributed by atoms with E-state index in [1.165, 1.54) is 0 Å². The zero-order valence-electron chi connectivity index (χ0n) is 13.5. The van der Waals surface area contributed by atoms with Crippen LogP contribution in [-0.2, 0) is 4.79 Å². The average Bonchev–Trinajstić information content (AvgIpc) is 2.45. The van der Waals surface area contributed by atoms with Crippen LogP contribution in [0, 0.1) is 0 Å². The molecule has 1 amide bonds. The first-order valence-corrected chi connectivity index (χ1v) is 6.94. The second kappa shape index (κ2) is 7.85. The van der Waals surface area contributed by atoms with E-state index in [0.29, 0.717) is 17.1 Å². The fourth-order valence-corrected chi connectivity index (χ4v) is 1.80. The molecule has 1 rings (SSSR count). The predicted molar refractivity (Wildman–Crippen MR) is 86.7 cm³/mol. The third-order valence-electron chi connectivity index (χ3n) is 3.42. The SMILES string of the molecule is COc1cc(N)ccc1NC(=O)C(C)N(C)CCN(C)C. The van der Waals surface area contributed by atoms with Crippen LogP contribution in [-0.4, -0.2) is 63.1 Å². The molecule has 6 heteroatoms. The summed E-state index contributed by atoms with van der Waals surface area (Å²) in [6, 6.07) is 4.94. The lowest BCUT2D eigenvalue weighted by atomic mass is 10.2. The average molecular weight is 294 g/mol. The van der Waals surface area contributed by atoms with E-state index < -0.39 is 0 Å². The first kappa shape index (κ1) is 17.3. The van der Waals surface area contributed by atoms with Crippen LogP contribution < -0.4 is 15.8 Å². The molecule has 0 aromatic heterocycles. The molecule has 0 radical (unpaired) electrons. The van der Waals surface area contributed by atoms with Crippen molar-refractivity contribution in [1.29, 1.82) is 0 Å². The number of anilines is 2. The van der Waals surface area contributed by atoms with Gasteiger partial charge in [0, 0.05) is 24.8 Å². The summed E-state index contributed by atoms with van der Waals surface area (Å²) in [6.45, 7) is 3.61. The van der Waals surface area contributed by atoms with Gasteiger partial charge in [-0.15, -0.1) is 0 Å². The molecule has 1 unspecified atom stereocenters. The minimum atomic E-state index is -0.229. The van der Waals surface area contributed by atoms with Gasteiger partial charge >= 0.3 is 0 Å². The van der Waals surface area contributed by atoms with Crippen LogP contribution >= 0.6 is 0 Å². The van der Waals surface area contributed by atoms with Crippen LogP contribution in [0.4, 0.5) is 11.4 Å². The van der Waals surface area contributed by atoms with Crippen molar-refractivity contribution in [2.24, 2.45) is 0 Å². The topological polar surface area (TPSA) is 70.8 Å². The van der Waals surface area contributed by atoms with Gasteiger partial charge in [-0.25, -0.2) is 0 Å². The maximum absolute atomic E-state index is 12.3. The number of ether oxygens (including phenoxy) is 1. The Balaban J connectivity index is 2.67. The molecule has 0 aliphatic heterocycles. The number of nitrogens with one attached hydrogen (secondary N) is 1. The van der Waals surface area contributed by atoms with Gasteiger partial charge in [-0.2, -0.15) is 0 Å². The summed E-state index contributed by atoms with van der Waals surface area (Å²) in [5, 5.41) is 2.88. The van der Waals surface area contributed by atoms with Gasteiger partial charge in [0.15, 0.2) is 0 Å². The summed E-state index contributed by atoms with van der Waals surface area (Å²) in [6.07, 6.45) is 0. The highest BCUT2D eigenvalue weighted by Crippen LogP contribution is 2.26. The lowest BCUT2D eigenvalue weighted by Gasteiger charge is -2.25. The molecule has 6 nitrogen and oxygen atoms in total. The van der Waals surface area contributed by atoms with E-state index in [0.717, 1.165) is 13.1 Å². The first-order valence-electron chi connectivity index (χ1n) is 6.94. The minimum absolute atomic E-state index is 0.0701. The Labute approximate surface area is 126 Å². The van der Waals surface area contributed by atoms with E-state index in [4.69, 9.17) is 10.5 Å². The van der Waals surface area contributed by atoms with Gasteiger partial charge < -0.3 is 20.7 Å². The van der Waals surface area contributed by atoms with Crippen molar-refractivity contribution in [1.82, 2.24) is 9.80 Å². The molecular formula is C15H26N4O2. The Morgan fingerprint density at radius 1 is 1.33 bits per heavy atom. The van der Waals surface area contributed by atoms with Gasteiger partial charge in [-0.1, -0.05) is 0 Å². The molecule has 0 spiro atoms. The summed E-state index contributed by atoms with van der Waals surface area (Å²) < 4.78 is 5.23. The van der Waals surface area contributed by atoms with Crippen molar-refractivity contribution in [2.75, 3.05) is 52.4 Å². The van der Waals surface area contributed by atoms with Crippen molar-refractivity contribution in [3.05, 3.63) is 18.2 Å². The molecule has 0 aliphatic carbocycles. The fraction of sp³-hybridized carbons (Fsp3) is 0.533. The number of rotatable bonds is 7. The Morgan fingerprint density at radius 3 is 2.57 bits per heavy atom. The standard InChI is InChI=1S/C15H26N4O2/c1-11(19(4)9-8-18(2)3)15(20)17-13-7-6-12(16)10-14(13)21-5/h6-7,10-11H,8-9,16H2,1-5H3,(H,17,20). The number of benzene rings is 1. The predicted octanol–water partition coefficient (Wildman–Crippen LogP) is 1.10. The van der Waals surface area contributed by atoms with E-state index in [2.05, 4.69) is 10.2 Å². The van der Waals surface area contributed by atoms with E-state index in [-0.39, 0.29) is 11.9 Å². The summed E-state index contributed by atoms with van der Waals surface area (Å²) in [7, 11) is 7.51. The van der Waals surface area contributed by atoms with Gasteiger partial charge in [-0.05, 0) is 40.2 Å². The number of carbonyl (C=O) groups excluding carboxylic acids is 1. The van der Waals surface area contributed by atoms with E-state index >= 15 is 0 Å². The molecule has 0 fully saturated rings. The summed E-state index contributed by atoms with van der Waals surface area (Å²) >= 11 is 0. The van der Waals surface area contributed by atoms with Crippen LogP contribution in [0.15, 0.2) is 18.2 Å². The third kappa shape index (κ3) is 5.24. The van der Waals surface area contributed by atoms with Crippen LogP contribution in [0.2, 0.25) is 0 Å². The molecule has 3 N–H and O–H groups in total. The van der Waals surface area contributed by atoms with Crippen molar-refractivity contribution in [3.63, 3.8) is 0 Å². The van der Waals surface area contributed by atoms with Gasteiger partial charge in [-0.3, -0.25) is 9.69 Å². The number of nitrogens with zero attached hydrogens (tertiary/aromatic N) is 2. The Morgan fingerprint density at radius 2 is 2.00 bits per heavy atom. The molecule has 0 saturated carbocycles. The lowest BCUT2D eigenvalue weighted by Crippen LogP contribution is -2.42. The molecule has 118 valence electrons. The molecule has 1 aromatic rings. The lowest BCUT2D eigenvalue weighted by molar-refractivity contribution is -0.120. The van der Waals surface area contributed by atoms with E-state index in [1.54, 1.807) is 25.3 Å². The summed E-state index contributed by atoms with van der Waals surface area (Å²) in [5.41, 5.74) is 6.93. The molecular weight excluding hydrogens is 268 g/mol. The van der Waals surface area contributed by atoms with E-state index in [1.807, 2.05) is 33.0 Å². The Bertz CT molecular complexity index is 477. The normalized spacial score (nSPS) is 12.5. The van der Waals surface area contributed by atoms with Crippen LogP contribution in [0.3, 0.4) is 0 Å². The molecule has 1 atom stereocenters. The monoisotopic (exact) mass is 294 g/mol. The molecule has 0 saturated heterocycles.